The summed E-state index contributed by atoms with van der Waals surface area (Å²) in [6, 6.07) is 0. The van der Waals surface area contributed by atoms with E-state index >= 15 is 0 Å². The van der Waals surface area contributed by atoms with E-state index in [0.29, 0.717) is 10.8 Å². The zero-order valence-corrected chi connectivity index (χ0v) is 22.3. The average Bonchev–Trinajstić information content (AvgIpc) is 3.06. The third-order valence-electron chi connectivity index (χ3n) is 11.1. The van der Waals surface area contributed by atoms with Crippen LogP contribution in [-0.4, -0.2) is 11.5 Å². The van der Waals surface area contributed by atoms with Crippen LogP contribution in [0.1, 0.15) is 112 Å². The predicted molar refractivity (Wildman–Crippen MR) is 134 cm³/mol. The molecule has 0 N–H and O–H groups in total. The topological polar surface area (TPSA) is 26.3 Å². The molecule has 0 aromatic rings. The summed E-state index contributed by atoms with van der Waals surface area (Å²) in [5, 5.41) is 0. The first kappa shape index (κ1) is 24.6. The Kier molecular flexibility index (Phi) is 6.88. The Bertz CT molecular complexity index is 743. The van der Waals surface area contributed by atoms with E-state index in [-0.39, 0.29) is 11.5 Å². The molecule has 4 aliphatic rings. The first-order valence-electron chi connectivity index (χ1n) is 13.6. The van der Waals surface area contributed by atoms with Crippen LogP contribution < -0.4 is 0 Å². The number of ether oxygens (including phenoxy) is 1. The third kappa shape index (κ3) is 4.09. The maximum atomic E-state index is 11.3. The number of hydrogen-bond donors (Lipinski definition) is 0. The fraction of sp³-hybridized carbons (Fsp3) is 0.897. The lowest BCUT2D eigenvalue weighted by Crippen LogP contribution is -2.56. The summed E-state index contributed by atoms with van der Waals surface area (Å²) < 4.78 is 5.40. The molecule has 4 aliphatic carbocycles. The van der Waals surface area contributed by atoms with Crippen molar-refractivity contribution in [1.29, 1.82) is 0 Å². The van der Waals surface area contributed by atoms with Crippen molar-refractivity contribution in [3.8, 4) is 0 Å². The minimum atomic E-state index is -0.646. The summed E-state index contributed by atoms with van der Waals surface area (Å²) in [4.78, 5) is 11.3. The fourth-order valence-electron chi connectivity index (χ4n) is 9.54. The van der Waals surface area contributed by atoms with E-state index in [1.807, 2.05) is 0 Å². The second-order valence-electron chi connectivity index (χ2n) is 13.2. The van der Waals surface area contributed by atoms with Gasteiger partial charge in [0.15, 0.2) is 0 Å². The van der Waals surface area contributed by atoms with E-state index in [9.17, 15) is 4.79 Å². The molecule has 0 bridgehead atoms. The molecule has 0 spiro atoms. The zero-order chi connectivity index (χ0) is 23.3. The van der Waals surface area contributed by atoms with Gasteiger partial charge >= 0.3 is 5.43 Å². The maximum absolute atomic E-state index is 11.3. The highest BCUT2D eigenvalue weighted by Gasteiger charge is 2.64. The molecule has 2 nitrogen and oxygen atoms in total. The minimum Gasteiger partial charge on any atom is -0.450 e. The van der Waals surface area contributed by atoms with Gasteiger partial charge in [0.2, 0.25) is 0 Å². The van der Waals surface area contributed by atoms with Crippen LogP contribution >= 0.6 is 11.6 Å². The Labute approximate surface area is 202 Å². The van der Waals surface area contributed by atoms with E-state index < -0.39 is 5.43 Å². The molecule has 0 unspecified atom stereocenters. The molecule has 0 aromatic carbocycles. The number of carbonyl (C=O) groups excluding carboxylic acids is 1. The molecule has 0 heterocycles. The van der Waals surface area contributed by atoms with Crippen LogP contribution in [0.2, 0.25) is 0 Å². The maximum Gasteiger partial charge on any atom is 0.404 e. The number of hydrogen-bond acceptors (Lipinski definition) is 2. The molecule has 0 radical (unpaired) electrons. The smallest absolute Gasteiger partial charge is 0.404 e. The van der Waals surface area contributed by atoms with Gasteiger partial charge < -0.3 is 4.74 Å². The van der Waals surface area contributed by atoms with Crippen LogP contribution in [-0.2, 0) is 4.74 Å². The standard InChI is InChI=1S/C29H47ClO2/c1-19(2)8-7-9-20(3)23-10-11-24-28(23,5)17-14-25-27(4)16-13-22(32-26(30)31)18-21(27)12-15-29(24,25)6/h12,19-20,22-25H,7-11,13-18H2,1-6H3/t20-,22+,23-,24-,25-,27+,28-,29+/m1/s1. The van der Waals surface area contributed by atoms with Gasteiger partial charge in [-0.05, 0) is 90.8 Å². The first-order valence-corrected chi connectivity index (χ1v) is 13.9. The van der Waals surface area contributed by atoms with Crippen LogP contribution in [0.15, 0.2) is 11.6 Å². The summed E-state index contributed by atoms with van der Waals surface area (Å²) in [5.74, 6) is 4.19. The van der Waals surface area contributed by atoms with E-state index in [2.05, 4.69) is 47.6 Å². The Morgan fingerprint density at radius 2 is 1.78 bits per heavy atom. The molecule has 3 heteroatoms. The van der Waals surface area contributed by atoms with Crippen molar-refractivity contribution >= 4 is 17.0 Å². The lowest BCUT2D eigenvalue weighted by Gasteiger charge is -2.63. The zero-order valence-electron chi connectivity index (χ0n) is 21.5. The van der Waals surface area contributed by atoms with Crippen LogP contribution in [0.4, 0.5) is 4.79 Å². The van der Waals surface area contributed by atoms with Gasteiger partial charge in [-0.1, -0.05) is 72.5 Å². The van der Waals surface area contributed by atoms with Crippen LogP contribution in [0.3, 0.4) is 0 Å². The predicted octanol–water partition coefficient (Wildman–Crippen LogP) is 9.16. The lowest BCUT2D eigenvalue weighted by atomic mass is 9.41. The van der Waals surface area contributed by atoms with Gasteiger partial charge in [-0.3, -0.25) is 0 Å². The second-order valence-corrected chi connectivity index (χ2v) is 13.5. The Hall–Kier alpha value is -0.500. The van der Waals surface area contributed by atoms with Crippen molar-refractivity contribution in [2.45, 2.75) is 118 Å². The highest BCUT2D eigenvalue weighted by molar-refractivity contribution is 6.61. The van der Waals surface area contributed by atoms with Gasteiger partial charge in [-0.15, -0.1) is 0 Å². The summed E-state index contributed by atoms with van der Waals surface area (Å²) in [6.45, 7) is 15.1. The van der Waals surface area contributed by atoms with Gasteiger partial charge in [0, 0.05) is 18.0 Å². The molecular weight excluding hydrogens is 416 g/mol. The summed E-state index contributed by atoms with van der Waals surface area (Å²) >= 11 is 5.54. The van der Waals surface area contributed by atoms with Crippen LogP contribution in [0.25, 0.3) is 0 Å². The number of carbonyl (C=O) groups is 1. The number of rotatable bonds is 6. The first-order chi connectivity index (χ1) is 15.0. The molecule has 182 valence electrons. The van der Waals surface area contributed by atoms with Crippen molar-refractivity contribution in [1.82, 2.24) is 0 Å². The van der Waals surface area contributed by atoms with E-state index in [1.165, 1.54) is 51.4 Å². The van der Waals surface area contributed by atoms with Gasteiger partial charge in [-0.25, -0.2) is 4.79 Å². The summed E-state index contributed by atoms with van der Waals surface area (Å²) in [6.07, 6.45) is 16.5. The van der Waals surface area contributed by atoms with Crippen molar-refractivity contribution < 1.29 is 9.53 Å². The molecule has 32 heavy (non-hydrogen) atoms. The van der Waals surface area contributed by atoms with Crippen molar-refractivity contribution in [3.63, 3.8) is 0 Å². The fourth-order valence-corrected chi connectivity index (χ4v) is 9.67. The number of halogens is 1. The van der Waals surface area contributed by atoms with E-state index in [1.54, 1.807) is 5.57 Å². The second kappa shape index (κ2) is 8.94. The lowest BCUT2D eigenvalue weighted by molar-refractivity contribution is -0.114. The van der Waals surface area contributed by atoms with Gasteiger partial charge in [-0.2, -0.15) is 0 Å². The van der Waals surface area contributed by atoms with Crippen molar-refractivity contribution in [2.75, 3.05) is 0 Å². The van der Waals surface area contributed by atoms with Crippen LogP contribution in [0, 0.1) is 45.8 Å². The van der Waals surface area contributed by atoms with Crippen molar-refractivity contribution in [2.24, 2.45) is 45.8 Å². The molecule has 0 aliphatic heterocycles. The Balaban J connectivity index is 1.52. The molecule has 0 aromatic heterocycles. The van der Waals surface area contributed by atoms with Crippen LogP contribution in [0.5, 0.6) is 0 Å². The number of fused-ring (bicyclic) bond motifs is 5. The Morgan fingerprint density at radius 1 is 1.03 bits per heavy atom. The van der Waals surface area contributed by atoms with Gasteiger partial charge in [0.25, 0.3) is 0 Å². The normalized spacial score (nSPS) is 44.3. The molecule has 0 amide bonds. The molecule has 3 fully saturated rings. The number of allylic oxidation sites excluding steroid dienone is 1. The summed E-state index contributed by atoms with van der Waals surface area (Å²) in [7, 11) is 0. The highest BCUT2D eigenvalue weighted by atomic mass is 35.5. The molecular formula is C29H47ClO2. The Morgan fingerprint density at radius 3 is 2.47 bits per heavy atom. The largest absolute Gasteiger partial charge is 0.450 e. The van der Waals surface area contributed by atoms with E-state index in [0.717, 1.165) is 48.9 Å². The summed E-state index contributed by atoms with van der Waals surface area (Å²) in [5.41, 5.74) is 2.09. The monoisotopic (exact) mass is 462 g/mol. The van der Waals surface area contributed by atoms with Crippen molar-refractivity contribution in [3.05, 3.63) is 11.6 Å². The quantitative estimate of drug-likeness (QED) is 0.290. The van der Waals surface area contributed by atoms with E-state index in [4.69, 9.17) is 16.3 Å². The SMILES string of the molecule is CC(C)CCC[C@@H](C)[C@H]1CC[C@@H]2[C@]1(C)CC[C@H]1[C@@]2(C)CC=C2C[C@@H](OC(=O)Cl)CC[C@@]21C. The molecule has 0 saturated heterocycles. The molecule has 4 rings (SSSR count). The van der Waals surface area contributed by atoms with Gasteiger partial charge in [0.1, 0.15) is 6.10 Å². The third-order valence-corrected chi connectivity index (χ3v) is 11.2. The average molecular weight is 463 g/mol. The molecule has 8 atom stereocenters. The van der Waals surface area contributed by atoms with Gasteiger partial charge in [0.05, 0.1) is 0 Å². The minimum absolute atomic E-state index is 0.0277. The highest BCUT2D eigenvalue weighted by Crippen LogP contribution is 2.72. The molecule has 3 saturated carbocycles.